The molecular weight excluding hydrogens is 222 g/mol. The Hall–Kier alpha value is -1.51. The van der Waals surface area contributed by atoms with Crippen LogP contribution in [0.1, 0.15) is 43.7 Å². The van der Waals surface area contributed by atoms with Gasteiger partial charge in [0.15, 0.2) is 0 Å². The smallest absolute Gasteiger partial charge is 0.123 e. The number of benzene rings is 1. The fraction of sp³-hybridized carbons (Fsp3) is 0.533. The molecule has 3 heteroatoms. The SMILES string of the molecule is CCC1CCCCN1c1ccc(C(=N)N)c(C)c1. The molecule has 2 rings (SSSR count). The highest BCUT2D eigenvalue weighted by molar-refractivity contribution is 5.96. The molecule has 0 amide bonds. The van der Waals surface area contributed by atoms with Crippen LogP contribution in [0.3, 0.4) is 0 Å². The van der Waals surface area contributed by atoms with Crippen LogP contribution in [0.5, 0.6) is 0 Å². The van der Waals surface area contributed by atoms with Gasteiger partial charge in [-0.25, -0.2) is 0 Å². The molecule has 1 heterocycles. The van der Waals surface area contributed by atoms with E-state index in [9.17, 15) is 0 Å². The number of hydrogen-bond donors (Lipinski definition) is 2. The molecule has 1 fully saturated rings. The molecule has 0 aliphatic carbocycles. The number of aryl methyl sites for hydroxylation is 1. The summed E-state index contributed by atoms with van der Waals surface area (Å²) in [6.45, 7) is 5.45. The molecule has 98 valence electrons. The Bertz CT molecular complexity index is 439. The first-order chi connectivity index (χ1) is 8.63. The van der Waals surface area contributed by atoms with Gasteiger partial charge in [0.1, 0.15) is 5.84 Å². The van der Waals surface area contributed by atoms with E-state index in [2.05, 4.69) is 24.0 Å². The van der Waals surface area contributed by atoms with E-state index in [4.69, 9.17) is 11.1 Å². The number of rotatable bonds is 3. The summed E-state index contributed by atoms with van der Waals surface area (Å²) >= 11 is 0. The van der Waals surface area contributed by atoms with E-state index in [1.807, 2.05) is 13.0 Å². The number of hydrogen-bond acceptors (Lipinski definition) is 2. The van der Waals surface area contributed by atoms with Crippen LogP contribution in [0.4, 0.5) is 5.69 Å². The molecule has 1 aliphatic heterocycles. The molecule has 3 N–H and O–H groups in total. The van der Waals surface area contributed by atoms with Gasteiger partial charge in [0, 0.05) is 23.8 Å². The highest BCUT2D eigenvalue weighted by atomic mass is 15.2. The normalized spacial score (nSPS) is 19.9. The molecule has 0 radical (unpaired) electrons. The second kappa shape index (κ2) is 5.42. The van der Waals surface area contributed by atoms with Crippen molar-refractivity contribution in [3.63, 3.8) is 0 Å². The zero-order chi connectivity index (χ0) is 13.1. The lowest BCUT2D eigenvalue weighted by atomic mass is 9.98. The monoisotopic (exact) mass is 245 g/mol. The number of piperidine rings is 1. The van der Waals surface area contributed by atoms with Gasteiger partial charge in [0.05, 0.1) is 0 Å². The van der Waals surface area contributed by atoms with E-state index in [-0.39, 0.29) is 5.84 Å². The molecule has 0 aromatic heterocycles. The summed E-state index contributed by atoms with van der Waals surface area (Å²) in [5, 5.41) is 7.53. The molecule has 1 atom stereocenters. The standard InChI is InChI=1S/C15H23N3/c1-3-12-6-4-5-9-18(12)13-7-8-14(15(16)17)11(2)10-13/h7-8,10,12H,3-6,9H2,1-2H3,(H3,16,17). The molecule has 1 aliphatic rings. The zero-order valence-electron chi connectivity index (χ0n) is 11.4. The van der Waals surface area contributed by atoms with Crippen LogP contribution in [-0.2, 0) is 0 Å². The van der Waals surface area contributed by atoms with Crippen LogP contribution in [0.15, 0.2) is 18.2 Å². The van der Waals surface area contributed by atoms with Crippen LogP contribution in [-0.4, -0.2) is 18.4 Å². The summed E-state index contributed by atoms with van der Waals surface area (Å²) < 4.78 is 0. The van der Waals surface area contributed by atoms with Gasteiger partial charge in [0.25, 0.3) is 0 Å². The second-order valence-electron chi connectivity index (χ2n) is 5.16. The summed E-state index contributed by atoms with van der Waals surface area (Å²) in [6, 6.07) is 6.93. The molecule has 1 saturated heterocycles. The van der Waals surface area contributed by atoms with Crippen molar-refractivity contribution in [3.05, 3.63) is 29.3 Å². The summed E-state index contributed by atoms with van der Waals surface area (Å²) in [6.07, 6.45) is 5.13. The van der Waals surface area contributed by atoms with Crippen molar-refractivity contribution in [3.8, 4) is 0 Å². The van der Waals surface area contributed by atoms with E-state index < -0.39 is 0 Å². The number of nitrogens with two attached hydrogens (primary N) is 1. The van der Waals surface area contributed by atoms with Crippen LogP contribution in [0.25, 0.3) is 0 Å². The predicted molar refractivity (Wildman–Crippen MR) is 77.5 cm³/mol. The molecular formula is C15H23N3. The maximum absolute atomic E-state index is 7.53. The van der Waals surface area contributed by atoms with Crippen molar-refractivity contribution in [2.75, 3.05) is 11.4 Å². The average molecular weight is 245 g/mol. The third-order valence-corrected chi connectivity index (χ3v) is 3.93. The molecule has 1 aromatic rings. The van der Waals surface area contributed by atoms with Crippen molar-refractivity contribution in [2.24, 2.45) is 5.73 Å². The van der Waals surface area contributed by atoms with Gasteiger partial charge in [-0.3, -0.25) is 5.41 Å². The second-order valence-corrected chi connectivity index (χ2v) is 5.16. The Morgan fingerprint density at radius 1 is 1.44 bits per heavy atom. The maximum Gasteiger partial charge on any atom is 0.123 e. The van der Waals surface area contributed by atoms with Gasteiger partial charge in [-0.05, 0) is 56.4 Å². The number of nitrogen functional groups attached to an aromatic ring is 1. The maximum atomic E-state index is 7.53. The summed E-state index contributed by atoms with van der Waals surface area (Å²) in [5.41, 5.74) is 8.80. The Morgan fingerprint density at radius 2 is 2.22 bits per heavy atom. The first-order valence-electron chi connectivity index (χ1n) is 6.85. The lowest BCUT2D eigenvalue weighted by Gasteiger charge is -2.37. The number of nitrogens with one attached hydrogen (secondary N) is 1. The fourth-order valence-electron chi connectivity index (χ4n) is 2.89. The van der Waals surface area contributed by atoms with E-state index in [0.29, 0.717) is 6.04 Å². The zero-order valence-corrected chi connectivity index (χ0v) is 11.4. The molecule has 3 nitrogen and oxygen atoms in total. The molecule has 0 saturated carbocycles. The average Bonchev–Trinajstić information content (AvgIpc) is 2.38. The Morgan fingerprint density at radius 3 is 2.83 bits per heavy atom. The minimum absolute atomic E-state index is 0.157. The van der Waals surface area contributed by atoms with Crippen LogP contribution >= 0.6 is 0 Å². The molecule has 0 bridgehead atoms. The van der Waals surface area contributed by atoms with Crippen LogP contribution in [0.2, 0.25) is 0 Å². The molecule has 1 unspecified atom stereocenters. The van der Waals surface area contributed by atoms with E-state index in [1.54, 1.807) is 0 Å². The summed E-state index contributed by atoms with van der Waals surface area (Å²) in [4.78, 5) is 2.51. The van der Waals surface area contributed by atoms with Crippen molar-refractivity contribution >= 4 is 11.5 Å². The number of nitrogens with zero attached hydrogens (tertiary/aromatic N) is 1. The minimum Gasteiger partial charge on any atom is -0.384 e. The van der Waals surface area contributed by atoms with Crippen molar-refractivity contribution in [1.82, 2.24) is 0 Å². The largest absolute Gasteiger partial charge is 0.384 e. The first-order valence-corrected chi connectivity index (χ1v) is 6.85. The Kier molecular flexibility index (Phi) is 3.90. The fourth-order valence-corrected chi connectivity index (χ4v) is 2.89. The number of anilines is 1. The van der Waals surface area contributed by atoms with Gasteiger partial charge in [-0.1, -0.05) is 6.92 Å². The third kappa shape index (κ3) is 2.50. The summed E-state index contributed by atoms with van der Waals surface area (Å²) in [7, 11) is 0. The van der Waals surface area contributed by atoms with Gasteiger partial charge in [-0.15, -0.1) is 0 Å². The minimum atomic E-state index is 0.157. The van der Waals surface area contributed by atoms with Crippen LogP contribution in [0, 0.1) is 12.3 Å². The van der Waals surface area contributed by atoms with Gasteiger partial charge in [-0.2, -0.15) is 0 Å². The van der Waals surface area contributed by atoms with Gasteiger partial charge >= 0.3 is 0 Å². The van der Waals surface area contributed by atoms with Gasteiger partial charge in [0.2, 0.25) is 0 Å². The first kappa shape index (κ1) is 12.9. The van der Waals surface area contributed by atoms with Crippen LogP contribution < -0.4 is 10.6 Å². The Balaban J connectivity index is 2.27. The van der Waals surface area contributed by atoms with Crippen molar-refractivity contribution < 1.29 is 0 Å². The van der Waals surface area contributed by atoms with Crippen molar-refractivity contribution in [2.45, 2.75) is 45.6 Å². The lowest BCUT2D eigenvalue weighted by Crippen LogP contribution is -2.39. The Labute approximate surface area is 109 Å². The van der Waals surface area contributed by atoms with Crippen molar-refractivity contribution in [1.29, 1.82) is 5.41 Å². The molecule has 1 aromatic carbocycles. The summed E-state index contributed by atoms with van der Waals surface area (Å²) in [5.74, 6) is 0.157. The third-order valence-electron chi connectivity index (χ3n) is 3.93. The van der Waals surface area contributed by atoms with E-state index in [0.717, 1.165) is 17.7 Å². The van der Waals surface area contributed by atoms with Gasteiger partial charge < -0.3 is 10.6 Å². The van der Waals surface area contributed by atoms with E-state index in [1.165, 1.54) is 31.4 Å². The predicted octanol–water partition coefficient (Wildman–Crippen LogP) is 3.05. The quantitative estimate of drug-likeness (QED) is 0.635. The molecule has 0 spiro atoms. The lowest BCUT2D eigenvalue weighted by molar-refractivity contribution is 0.450. The topological polar surface area (TPSA) is 53.1 Å². The highest BCUT2D eigenvalue weighted by Crippen LogP contribution is 2.27. The highest BCUT2D eigenvalue weighted by Gasteiger charge is 2.21. The number of amidine groups is 1. The van der Waals surface area contributed by atoms with E-state index >= 15 is 0 Å². The molecule has 18 heavy (non-hydrogen) atoms.